The van der Waals surface area contributed by atoms with E-state index in [0.29, 0.717) is 32.3 Å². The average Bonchev–Trinajstić information content (AvgIpc) is 2.35. The van der Waals surface area contributed by atoms with Crippen LogP contribution in [0.4, 0.5) is 0 Å². The molecule has 2 fully saturated rings. The van der Waals surface area contributed by atoms with Crippen LogP contribution in [0, 0.1) is 5.92 Å². The number of rotatable bonds is 2. The highest BCUT2D eigenvalue weighted by Crippen LogP contribution is 2.19. The molecule has 0 saturated carbocycles. The largest absolute Gasteiger partial charge is 0.326 e. The molecule has 2 bridgehead atoms. The number of amides is 2. The fourth-order valence-electron chi connectivity index (χ4n) is 2.50. The van der Waals surface area contributed by atoms with Crippen molar-refractivity contribution < 1.29 is 9.59 Å². The zero-order chi connectivity index (χ0) is 12.4. The van der Waals surface area contributed by atoms with E-state index >= 15 is 0 Å². The summed E-state index contributed by atoms with van der Waals surface area (Å²) in [6, 6.07) is 0. The highest BCUT2D eigenvalue weighted by atomic mass is 16.2. The first kappa shape index (κ1) is 11.9. The standard InChI is InChI=1S/C12H17N3O2/c1-3-11(16)14-6-10-5-13(8-14)9-15(7-10)12(17)4-2/h3-4,10H,1-2,5-9H2. The molecule has 92 valence electrons. The van der Waals surface area contributed by atoms with Gasteiger partial charge in [-0.25, -0.2) is 0 Å². The van der Waals surface area contributed by atoms with Gasteiger partial charge in [0.2, 0.25) is 11.8 Å². The van der Waals surface area contributed by atoms with Crippen LogP contribution in [0.1, 0.15) is 0 Å². The minimum atomic E-state index is -0.0387. The van der Waals surface area contributed by atoms with Gasteiger partial charge in [0.1, 0.15) is 0 Å². The van der Waals surface area contributed by atoms with E-state index in [1.54, 1.807) is 9.80 Å². The van der Waals surface area contributed by atoms with Crippen molar-refractivity contribution in [3.63, 3.8) is 0 Å². The van der Waals surface area contributed by atoms with Crippen LogP contribution >= 0.6 is 0 Å². The molecule has 2 aliphatic rings. The summed E-state index contributed by atoms with van der Waals surface area (Å²) in [6.07, 6.45) is 2.68. The molecule has 0 aromatic carbocycles. The third-order valence-corrected chi connectivity index (χ3v) is 3.19. The highest BCUT2D eigenvalue weighted by molar-refractivity contribution is 5.88. The maximum Gasteiger partial charge on any atom is 0.247 e. The Morgan fingerprint density at radius 2 is 1.41 bits per heavy atom. The molecule has 2 aliphatic heterocycles. The molecule has 2 heterocycles. The first-order chi connectivity index (χ1) is 8.13. The molecule has 2 amide bonds. The van der Waals surface area contributed by atoms with Crippen molar-refractivity contribution in [3.8, 4) is 0 Å². The van der Waals surface area contributed by atoms with Crippen molar-refractivity contribution in [3.05, 3.63) is 25.3 Å². The molecule has 0 spiro atoms. The Morgan fingerprint density at radius 1 is 0.941 bits per heavy atom. The lowest BCUT2D eigenvalue weighted by molar-refractivity contribution is -0.142. The SMILES string of the molecule is C=CC(=O)N1CC2CN(C1)CN(C(=O)C=C)C2. The van der Waals surface area contributed by atoms with E-state index in [-0.39, 0.29) is 11.8 Å². The number of fused-ring (bicyclic) bond motifs is 2. The van der Waals surface area contributed by atoms with Crippen LogP contribution in [0.25, 0.3) is 0 Å². The van der Waals surface area contributed by atoms with Gasteiger partial charge in [0.05, 0.1) is 13.3 Å². The minimum absolute atomic E-state index is 0.0387. The molecule has 0 aromatic rings. The van der Waals surface area contributed by atoms with Gasteiger partial charge in [0, 0.05) is 25.6 Å². The lowest BCUT2D eigenvalue weighted by Crippen LogP contribution is -2.61. The fourth-order valence-corrected chi connectivity index (χ4v) is 2.50. The van der Waals surface area contributed by atoms with Crippen LogP contribution in [-0.2, 0) is 9.59 Å². The van der Waals surface area contributed by atoms with Crippen LogP contribution in [0.3, 0.4) is 0 Å². The second-order valence-electron chi connectivity index (χ2n) is 4.53. The van der Waals surface area contributed by atoms with E-state index in [1.807, 2.05) is 0 Å². The van der Waals surface area contributed by atoms with Gasteiger partial charge in [-0.2, -0.15) is 0 Å². The Hall–Kier alpha value is -1.62. The summed E-state index contributed by atoms with van der Waals surface area (Å²) in [5, 5.41) is 0. The van der Waals surface area contributed by atoms with Crippen LogP contribution in [0.2, 0.25) is 0 Å². The molecule has 0 atom stereocenters. The average molecular weight is 235 g/mol. The Labute approximate surface area is 101 Å². The van der Waals surface area contributed by atoms with E-state index < -0.39 is 0 Å². The third kappa shape index (κ3) is 2.39. The predicted octanol–water partition coefficient (Wildman–Crippen LogP) is -0.124. The summed E-state index contributed by atoms with van der Waals surface area (Å²) in [5.74, 6) is 0.247. The predicted molar refractivity (Wildman–Crippen MR) is 63.8 cm³/mol. The number of nitrogens with zero attached hydrogens (tertiary/aromatic N) is 3. The van der Waals surface area contributed by atoms with Crippen molar-refractivity contribution in [2.24, 2.45) is 5.92 Å². The van der Waals surface area contributed by atoms with E-state index in [9.17, 15) is 9.59 Å². The molecule has 17 heavy (non-hydrogen) atoms. The Kier molecular flexibility index (Phi) is 3.28. The summed E-state index contributed by atoms with van der Waals surface area (Å²) in [5.41, 5.74) is 0. The van der Waals surface area contributed by atoms with E-state index in [1.165, 1.54) is 12.2 Å². The Bertz CT molecular complexity index is 321. The van der Waals surface area contributed by atoms with Gasteiger partial charge in [0.25, 0.3) is 0 Å². The Balaban J connectivity index is 2.02. The van der Waals surface area contributed by atoms with E-state index in [2.05, 4.69) is 18.1 Å². The lowest BCUT2D eigenvalue weighted by Gasteiger charge is -2.47. The molecule has 5 heteroatoms. The number of hydrogen-bond acceptors (Lipinski definition) is 3. The van der Waals surface area contributed by atoms with Gasteiger partial charge in [-0.15, -0.1) is 0 Å². The molecular formula is C12H17N3O2. The number of hydrogen-bond donors (Lipinski definition) is 0. The molecule has 0 aromatic heterocycles. The van der Waals surface area contributed by atoms with Crippen LogP contribution in [0.5, 0.6) is 0 Å². The van der Waals surface area contributed by atoms with Crippen LogP contribution in [0.15, 0.2) is 25.3 Å². The van der Waals surface area contributed by atoms with Gasteiger partial charge in [0.15, 0.2) is 0 Å². The van der Waals surface area contributed by atoms with E-state index in [4.69, 9.17) is 0 Å². The van der Waals surface area contributed by atoms with E-state index in [0.717, 1.165) is 6.54 Å². The zero-order valence-corrected chi connectivity index (χ0v) is 9.84. The molecule has 0 aliphatic carbocycles. The van der Waals surface area contributed by atoms with Crippen molar-refractivity contribution in [1.82, 2.24) is 14.7 Å². The fraction of sp³-hybridized carbons (Fsp3) is 0.500. The smallest absolute Gasteiger partial charge is 0.247 e. The minimum Gasteiger partial charge on any atom is -0.326 e. The lowest BCUT2D eigenvalue weighted by atomic mass is 10.0. The van der Waals surface area contributed by atoms with Crippen LogP contribution < -0.4 is 0 Å². The van der Waals surface area contributed by atoms with Gasteiger partial charge in [-0.1, -0.05) is 13.2 Å². The molecule has 0 radical (unpaired) electrons. The second-order valence-corrected chi connectivity index (χ2v) is 4.53. The summed E-state index contributed by atoms with van der Waals surface area (Å²) >= 11 is 0. The maximum absolute atomic E-state index is 11.6. The van der Waals surface area contributed by atoms with Gasteiger partial charge >= 0.3 is 0 Å². The quantitative estimate of drug-likeness (QED) is 0.627. The van der Waals surface area contributed by atoms with Gasteiger partial charge in [-0.3, -0.25) is 14.5 Å². The number of carbonyl (C=O) groups is 2. The molecule has 5 nitrogen and oxygen atoms in total. The van der Waals surface area contributed by atoms with Crippen LogP contribution in [-0.4, -0.2) is 59.5 Å². The molecule has 0 unspecified atom stereocenters. The molecule has 2 rings (SSSR count). The molecular weight excluding hydrogens is 218 g/mol. The third-order valence-electron chi connectivity index (χ3n) is 3.19. The molecule has 2 saturated heterocycles. The number of carbonyl (C=O) groups excluding carboxylic acids is 2. The summed E-state index contributed by atoms with van der Waals surface area (Å²) in [4.78, 5) is 28.8. The second kappa shape index (κ2) is 4.71. The first-order valence-corrected chi connectivity index (χ1v) is 5.69. The topological polar surface area (TPSA) is 43.9 Å². The normalized spacial score (nSPS) is 27.5. The van der Waals surface area contributed by atoms with Crippen molar-refractivity contribution in [2.75, 3.05) is 33.0 Å². The van der Waals surface area contributed by atoms with Crippen molar-refractivity contribution in [2.45, 2.75) is 0 Å². The highest BCUT2D eigenvalue weighted by Gasteiger charge is 2.34. The first-order valence-electron chi connectivity index (χ1n) is 5.69. The summed E-state index contributed by atoms with van der Waals surface area (Å²) in [6.45, 7) is 10.5. The summed E-state index contributed by atoms with van der Waals surface area (Å²) < 4.78 is 0. The van der Waals surface area contributed by atoms with Gasteiger partial charge in [-0.05, 0) is 12.2 Å². The summed E-state index contributed by atoms with van der Waals surface area (Å²) in [7, 11) is 0. The zero-order valence-electron chi connectivity index (χ0n) is 9.84. The van der Waals surface area contributed by atoms with Gasteiger partial charge < -0.3 is 9.80 Å². The maximum atomic E-state index is 11.6. The Morgan fingerprint density at radius 3 is 1.76 bits per heavy atom. The molecule has 0 N–H and O–H groups in total. The van der Waals surface area contributed by atoms with Crippen molar-refractivity contribution in [1.29, 1.82) is 0 Å². The van der Waals surface area contributed by atoms with Crippen molar-refractivity contribution >= 4 is 11.8 Å². The monoisotopic (exact) mass is 235 g/mol.